The van der Waals surface area contributed by atoms with E-state index >= 15 is 0 Å². The second-order valence-corrected chi connectivity index (χ2v) is 45.3. The molecule has 274 valence electrons. The monoisotopic (exact) mass is 794 g/mol. The Labute approximate surface area is 299 Å². The van der Waals surface area contributed by atoms with Crippen LogP contribution in [0.1, 0.15) is 26.7 Å². The van der Waals surface area contributed by atoms with E-state index in [9.17, 15) is 0 Å². The van der Waals surface area contributed by atoms with Gasteiger partial charge in [-0.1, -0.05) is 33.2 Å². The highest BCUT2D eigenvalue weighted by Gasteiger charge is 3.46. The summed E-state index contributed by atoms with van der Waals surface area (Å²) < 4.78 is 62.1. The summed E-state index contributed by atoms with van der Waals surface area (Å²) in [7, 11) is -15.2. The minimum atomic E-state index is -2.27. The van der Waals surface area contributed by atoms with Gasteiger partial charge in [-0.15, -0.1) is 0 Å². The van der Waals surface area contributed by atoms with Crippen LogP contribution in [0.2, 0.25) is 123 Å². The summed E-state index contributed by atoms with van der Waals surface area (Å²) >= 11 is 0. The van der Waals surface area contributed by atoms with Crippen LogP contribution in [0, 0.1) is 0 Å². The van der Waals surface area contributed by atoms with Crippen molar-refractivity contribution in [2.75, 3.05) is 0 Å². The molecular formula is C31H70O8Si8. The molecule has 6 rings (SSSR count). The highest BCUT2D eigenvalue weighted by atomic mass is 28.4. The summed E-state index contributed by atoms with van der Waals surface area (Å²) in [6.45, 7) is 43.7. The lowest BCUT2D eigenvalue weighted by Gasteiger charge is -3.25. The van der Waals surface area contributed by atoms with E-state index in [2.05, 4.69) is 125 Å². The molecule has 0 radical (unpaired) electrons. The zero-order chi connectivity index (χ0) is 35.9. The molecule has 0 saturated heterocycles. The lowest BCUT2D eigenvalue weighted by Crippen LogP contribution is -3.53. The molecule has 0 aromatic heterocycles. The van der Waals surface area contributed by atoms with Crippen molar-refractivity contribution in [3.63, 3.8) is 0 Å². The van der Waals surface area contributed by atoms with Crippen LogP contribution in [0.5, 0.6) is 0 Å². The number of rotatable bonds is 20. The van der Waals surface area contributed by atoms with Crippen molar-refractivity contribution in [3.05, 3.63) is 0 Å². The molecular weight excluding hydrogens is 725 g/mol. The molecule has 0 aromatic rings. The predicted octanol–water partition coefficient (Wildman–Crippen LogP) is 6.08. The van der Waals surface area contributed by atoms with E-state index in [0.717, 1.165) is 24.9 Å². The van der Waals surface area contributed by atoms with Gasteiger partial charge < -0.3 is 35.4 Å². The zero-order valence-corrected chi connectivity index (χ0v) is 42.4. The van der Waals surface area contributed by atoms with Crippen molar-refractivity contribution >= 4 is 70.2 Å². The second kappa shape index (κ2) is 11.2. The maximum atomic E-state index is 7.85. The van der Waals surface area contributed by atoms with E-state index in [-0.39, 0.29) is 0 Å². The van der Waals surface area contributed by atoms with Crippen molar-refractivity contribution in [3.8, 4) is 0 Å². The van der Waals surface area contributed by atoms with E-state index in [1.54, 1.807) is 0 Å². The van der Waals surface area contributed by atoms with Crippen molar-refractivity contribution in [1.82, 2.24) is 0 Å². The van der Waals surface area contributed by atoms with Crippen LogP contribution in [-0.2, 0) is 35.4 Å². The highest BCUT2D eigenvalue weighted by molar-refractivity contribution is 6.72. The van der Waals surface area contributed by atoms with Gasteiger partial charge in [0.1, 0.15) is 0 Å². The fraction of sp³-hybridized carbons (Fsp3) is 1.00. The average Bonchev–Trinajstić information content (AvgIpc) is 2.87. The fourth-order valence-electron chi connectivity index (χ4n) is 11.1. The molecule has 0 aliphatic heterocycles. The molecule has 0 heterocycles. The van der Waals surface area contributed by atoms with E-state index in [1.807, 2.05) is 0 Å². The molecule has 0 aromatic carbocycles. The van der Waals surface area contributed by atoms with Gasteiger partial charge in [0.15, 0.2) is 115 Å². The fourth-order valence-corrected chi connectivity index (χ4v) is 22.3. The Morgan fingerprint density at radius 1 is 0.489 bits per heavy atom. The Morgan fingerprint density at radius 2 is 0.830 bits per heavy atom. The molecule has 0 bridgehead atoms. The van der Waals surface area contributed by atoms with Gasteiger partial charge >= 0.3 is 0 Å². The molecule has 10 atom stereocenters. The third-order valence-electron chi connectivity index (χ3n) is 10.9. The van der Waals surface area contributed by atoms with Crippen molar-refractivity contribution in [1.29, 1.82) is 0 Å². The van der Waals surface area contributed by atoms with Crippen molar-refractivity contribution < 1.29 is 35.4 Å². The van der Waals surface area contributed by atoms with Gasteiger partial charge in [-0.25, -0.2) is 0 Å². The van der Waals surface area contributed by atoms with E-state index < -0.39 is 115 Å². The van der Waals surface area contributed by atoms with Crippen LogP contribution >= 0.6 is 0 Å². The van der Waals surface area contributed by atoms with Crippen LogP contribution in [0.25, 0.3) is 0 Å². The minimum Gasteiger partial charge on any atom is -0.410 e. The summed E-state index contributed by atoms with van der Waals surface area (Å²) in [6, 6.07) is 2.11. The lowest BCUT2D eigenvalue weighted by molar-refractivity contribution is -0.837. The second-order valence-electron chi connectivity index (χ2n) is 19.3. The average molecular weight is 796 g/mol. The van der Waals surface area contributed by atoms with Crippen LogP contribution in [0.4, 0.5) is 0 Å². The van der Waals surface area contributed by atoms with Gasteiger partial charge in [0.05, 0.1) is 0 Å². The maximum Gasteiger partial charge on any atom is 0.185 e. The van der Waals surface area contributed by atoms with E-state index in [1.165, 1.54) is 0 Å². The number of hydrogen-bond acceptors (Lipinski definition) is 8. The Kier molecular flexibility index (Phi) is 9.46. The van der Waals surface area contributed by atoms with E-state index in [0.29, 0.717) is 0 Å². The predicted molar refractivity (Wildman–Crippen MR) is 213 cm³/mol. The van der Waals surface area contributed by atoms with Crippen molar-refractivity contribution in [2.45, 2.75) is 195 Å². The zero-order valence-electron chi connectivity index (χ0n) is 33.5. The largest absolute Gasteiger partial charge is 0.410 e. The first-order valence-corrected chi connectivity index (χ1v) is 42.0. The minimum absolute atomic E-state index is 0.842. The number of unbranched alkanes of at least 4 members (excludes halogenated alkanes) is 1. The standard InChI is InChI=1S/C31H70O8Si8/c1-20-22-23-43(7)35-26-24(32-40-3)25(34-42(6)21-2)27(26,33-41(4)5)31(39-47(17,18)19)29(25,37-45(11,12)13)28(24,36-44(8,9)10)30(26,31)38-46(14,15)16/h41-43H,20-23,40H2,1-19H3. The molecule has 10 unspecified atom stereocenters. The highest BCUT2D eigenvalue weighted by Crippen LogP contribution is 3.16. The molecule has 0 N–H and O–H groups in total. The van der Waals surface area contributed by atoms with Crippen LogP contribution in [0.3, 0.4) is 0 Å². The van der Waals surface area contributed by atoms with Gasteiger partial charge in [0.2, 0.25) is 0 Å². The molecule has 6 saturated carbocycles. The van der Waals surface area contributed by atoms with Gasteiger partial charge in [-0.2, -0.15) is 0 Å². The first-order chi connectivity index (χ1) is 21.2. The Hall–Kier alpha value is 1.42. The molecule has 6 aliphatic carbocycles. The topological polar surface area (TPSA) is 73.8 Å². The molecule has 6 fully saturated rings. The third-order valence-corrected chi connectivity index (χ3v) is 20.0. The van der Waals surface area contributed by atoms with Crippen LogP contribution in [-0.4, -0.2) is 115 Å². The molecule has 16 heteroatoms. The first-order valence-electron chi connectivity index (χ1n) is 18.7. The molecule has 0 spiro atoms. The Bertz CT molecular complexity index is 1250. The van der Waals surface area contributed by atoms with Gasteiger partial charge in [0.25, 0.3) is 0 Å². The van der Waals surface area contributed by atoms with Gasteiger partial charge in [0, 0.05) is 0 Å². The summed E-state index contributed by atoms with van der Waals surface area (Å²) in [5.74, 6) is 0. The summed E-state index contributed by atoms with van der Waals surface area (Å²) in [5.41, 5.74) is -6.95. The molecule has 8 nitrogen and oxygen atoms in total. The molecule has 6 aliphatic rings. The van der Waals surface area contributed by atoms with Gasteiger partial charge in [-0.3, -0.25) is 0 Å². The normalized spacial score (nSPS) is 44.4. The third kappa shape index (κ3) is 3.90. The summed E-state index contributed by atoms with van der Waals surface area (Å²) in [5, 5.41) is 0. The summed E-state index contributed by atoms with van der Waals surface area (Å²) in [6.07, 6.45) is 2.31. The lowest BCUT2D eigenvalue weighted by atomic mass is 8.87. The maximum absolute atomic E-state index is 7.85. The van der Waals surface area contributed by atoms with Crippen LogP contribution < -0.4 is 0 Å². The van der Waals surface area contributed by atoms with Crippen molar-refractivity contribution in [2.24, 2.45) is 0 Å². The molecule has 0 amide bonds. The SMILES string of the molecule is CCCC[SiH](C)OC12C3(O[SiH2]C)C4(O[SiH](C)CC)C1(O[SiH](C)C)C1(O[Si](C)(C)C)C4(O[Si](C)(C)C)C3(O[Si](C)(C)C)C21O[Si](C)(C)C. The van der Waals surface area contributed by atoms with Crippen LogP contribution in [0.15, 0.2) is 0 Å². The first kappa shape index (κ1) is 39.6. The molecule has 47 heavy (non-hydrogen) atoms. The van der Waals surface area contributed by atoms with E-state index in [4.69, 9.17) is 35.4 Å². The quantitative estimate of drug-likeness (QED) is 0.138. The van der Waals surface area contributed by atoms with Gasteiger partial charge in [-0.05, 0) is 117 Å². The smallest absolute Gasteiger partial charge is 0.185 e. The summed E-state index contributed by atoms with van der Waals surface area (Å²) in [4.78, 5) is 0. The number of hydrogen-bond donors (Lipinski definition) is 0. The Morgan fingerprint density at radius 3 is 1.13 bits per heavy atom. The Balaban J connectivity index is 1.97.